The third-order valence-corrected chi connectivity index (χ3v) is 11.1. The van der Waals surface area contributed by atoms with Crippen LogP contribution in [-0.2, 0) is 0 Å². The second kappa shape index (κ2) is 10.8. The molecule has 0 aliphatic heterocycles. The fourth-order valence-corrected chi connectivity index (χ4v) is 8.66. The number of para-hydroxylation sites is 1. The van der Waals surface area contributed by atoms with Crippen molar-refractivity contribution in [3.05, 3.63) is 133 Å². The monoisotopic (exact) mass is 644 g/mol. The molecular weight excluding hydrogens is 613 g/mol. The largest absolute Gasteiger partial charge is 0.455 e. The van der Waals surface area contributed by atoms with Crippen molar-refractivity contribution in [1.82, 2.24) is 9.97 Å². The highest BCUT2D eigenvalue weighted by Gasteiger charge is 2.21. The Kier molecular flexibility index (Phi) is 6.00. The van der Waals surface area contributed by atoms with Crippen LogP contribution in [0.25, 0.3) is 98.8 Å². The van der Waals surface area contributed by atoms with E-state index in [4.69, 9.17) is 18.8 Å². The van der Waals surface area contributed by atoms with E-state index in [0.29, 0.717) is 5.92 Å². The summed E-state index contributed by atoms with van der Waals surface area (Å²) in [6.45, 7) is 0. The fraction of sp³-hybridized carbons (Fsp3) is 0.130. The molecule has 1 fully saturated rings. The Morgan fingerprint density at radius 2 is 1.20 bits per heavy atom. The zero-order chi connectivity index (χ0) is 32.8. The molecule has 0 unspecified atom stereocenters. The van der Waals surface area contributed by atoms with E-state index >= 15 is 0 Å². The summed E-state index contributed by atoms with van der Waals surface area (Å²) in [6.07, 6.45) is 8.48. The Morgan fingerprint density at radius 1 is 0.500 bits per heavy atom. The Morgan fingerprint density at radius 3 is 2.04 bits per heavy atom. The first kappa shape index (κ1) is 27.9. The molecule has 4 heteroatoms. The predicted molar refractivity (Wildman–Crippen MR) is 206 cm³/mol. The molecule has 0 radical (unpaired) electrons. The van der Waals surface area contributed by atoms with Gasteiger partial charge in [-0.25, -0.2) is 4.98 Å². The summed E-state index contributed by atoms with van der Waals surface area (Å²) in [4.78, 5) is 10.3. The Hall–Kier alpha value is -6.00. The molecule has 0 bridgehead atoms. The van der Waals surface area contributed by atoms with Gasteiger partial charge in [-0.1, -0.05) is 110 Å². The molecule has 238 valence electrons. The van der Waals surface area contributed by atoms with Crippen LogP contribution in [0.3, 0.4) is 0 Å². The maximum Gasteiger partial charge on any atom is 0.147 e. The minimum absolute atomic E-state index is 0.648. The van der Waals surface area contributed by atoms with Crippen LogP contribution < -0.4 is 0 Å². The quantitative estimate of drug-likeness (QED) is 0.180. The average molecular weight is 645 g/mol. The summed E-state index contributed by atoms with van der Waals surface area (Å²) in [5.41, 5.74) is 10.8. The van der Waals surface area contributed by atoms with Crippen LogP contribution in [0.4, 0.5) is 0 Å². The first-order chi connectivity index (χ1) is 24.8. The average Bonchev–Trinajstić information content (AvgIpc) is 3.76. The highest BCUT2D eigenvalue weighted by atomic mass is 16.3. The third-order valence-electron chi connectivity index (χ3n) is 11.1. The van der Waals surface area contributed by atoms with Crippen LogP contribution in [-0.4, -0.2) is 9.97 Å². The highest BCUT2D eigenvalue weighted by Crippen LogP contribution is 2.44. The van der Waals surface area contributed by atoms with Gasteiger partial charge in [-0.15, -0.1) is 0 Å². The zero-order valence-electron chi connectivity index (χ0n) is 27.4. The lowest BCUT2D eigenvalue weighted by Gasteiger charge is -2.21. The van der Waals surface area contributed by atoms with Crippen molar-refractivity contribution >= 4 is 76.5 Å². The van der Waals surface area contributed by atoms with Crippen molar-refractivity contribution in [2.24, 2.45) is 0 Å². The zero-order valence-corrected chi connectivity index (χ0v) is 27.4. The van der Waals surface area contributed by atoms with E-state index in [2.05, 4.69) is 121 Å². The van der Waals surface area contributed by atoms with Gasteiger partial charge in [0.05, 0.1) is 28.3 Å². The maximum absolute atomic E-state index is 6.67. The van der Waals surface area contributed by atoms with Crippen LogP contribution in [0.15, 0.2) is 136 Å². The van der Waals surface area contributed by atoms with Gasteiger partial charge >= 0.3 is 0 Å². The first-order valence-electron chi connectivity index (χ1n) is 17.8. The van der Waals surface area contributed by atoms with E-state index in [1.165, 1.54) is 53.8 Å². The van der Waals surface area contributed by atoms with Gasteiger partial charge in [-0.05, 0) is 71.0 Å². The molecule has 0 amide bonds. The summed E-state index contributed by atoms with van der Waals surface area (Å²) in [5.74, 6) is 0.648. The first-order valence-corrected chi connectivity index (χ1v) is 17.8. The van der Waals surface area contributed by atoms with Gasteiger partial charge in [-0.3, -0.25) is 4.98 Å². The van der Waals surface area contributed by atoms with E-state index in [1.807, 2.05) is 6.20 Å². The van der Waals surface area contributed by atoms with Crippen LogP contribution in [0.2, 0.25) is 0 Å². The fourth-order valence-electron chi connectivity index (χ4n) is 8.66. The minimum Gasteiger partial charge on any atom is -0.455 e. The predicted octanol–water partition coefficient (Wildman–Crippen LogP) is 13.1. The topological polar surface area (TPSA) is 52.1 Å². The van der Waals surface area contributed by atoms with Crippen molar-refractivity contribution in [3.63, 3.8) is 0 Å². The number of hydrogen-bond donors (Lipinski definition) is 0. The number of aromatic nitrogens is 2. The molecule has 4 nitrogen and oxygen atoms in total. The van der Waals surface area contributed by atoms with Gasteiger partial charge < -0.3 is 8.83 Å². The lowest BCUT2D eigenvalue weighted by atomic mass is 9.84. The highest BCUT2D eigenvalue weighted by molar-refractivity contribution is 6.24. The van der Waals surface area contributed by atoms with Crippen LogP contribution in [0.1, 0.15) is 43.6 Å². The lowest BCUT2D eigenvalue weighted by molar-refractivity contribution is 0.444. The molecular formula is C46H32N2O2. The lowest BCUT2D eigenvalue weighted by Crippen LogP contribution is -2.03. The normalized spacial score (nSPS) is 14.3. The van der Waals surface area contributed by atoms with Gasteiger partial charge in [0.15, 0.2) is 0 Å². The van der Waals surface area contributed by atoms with Gasteiger partial charge in [-0.2, -0.15) is 0 Å². The smallest absolute Gasteiger partial charge is 0.147 e. The molecule has 50 heavy (non-hydrogen) atoms. The van der Waals surface area contributed by atoms with E-state index in [9.17, 15) is 0 Å². The summed E-state index contributed by atoms with van der Waals surface area (Å²) >= 11 is 0. The molecule has 0 N–H and O–H groups in total. The second-order valence-corrected chi connectivity index (χ2v) is 13.9. The molecule has 0 atom stereocenters. The number of fused-ring (bicyclic) bond motifs is 13. The molecule has 1 saturated carbocycles. The van der Waals surface area contributed by atoms with Gasteiger partial charge in [0.2, 0.25) is 0 Å². The van der Waals surface area contributed by atoms with E-state index < -0.39 is 0 Å². The van der Waals surface area contributed by atoms with Crippen molar-refractivity contribution in [1.29, 1.82) is 0 Å². The second-order valence-electron chi connectivity index (χ2n) is 13.9. The standard InChI is InChI=1S/C46H32N2O2/c1-2-10-27(11-3-1)28-20-22-40-38(25-28)36-21-23-41-42(46(36)49-40)37-19-9-18-31(45(37)50-41)29-12-8-13-30(24-29)39-26-47-43-34-16-6-4-14-32(34)33-15-5-7-17-35(33)44(43)48-39/h4-9,12-27H,1-3,10-11H2. The molecule has 11 rings (SSSR count). The number of benzene rings is 7. The Balaban J connectivity index is 1.05. The third kappa shape index (κ3) is 4.11. The van der Waals surface area contributed by atoms with E-state index in [0.717, 1.165) is 82.7 Å². The van der Waals surface area contributed by atoms with Gasteiger partial charge in [0.1, 0.15) is 22.3 Å². The summed E-state index contributed by atoms with van der Waals surface area (Å²) in [5, 5.41) is 9.05. The minimum atomic E-state index is 0.648. The number of hydrogen-bond acceptors (Lipinski definition) is 4. The van der Waals surface area contributed by atoms with Crippen molar-refractivity contribution in [3.8, 4) is 22.4 Å². The molecule has 3 aromatic heterocycles. The maximum atomic E-state index is 6.67. The summed E-state index contributed by atoms with van der Waals surface area (Å²) in [7, 11) is 0. The van der Waals surface area contributed by atoms with Crippen molar-refractivity contribution in [2.75, 3.05) is 0 Å². The number of rotatable bonds is 3. The van der Waals surface area contributed by atoms with Crippen LogP contribution in [0.5, 0.6) is 0 Å². The number of nitrogens with zero attached hydrogens (tertiary/aromatic N) is 2. The molecule has 0 saturated heterocycles. The van der Waals surface area contributed by atoms with Gasteiger partial charge in [0.25, 0.3) is 0 Å². The Labute approximate surface area is 288 Å². The SMILES string of the molecule is c1cc(-c2cnc3c4ccccc4c4ccccc4c3n2)cc(-c2cccc3c2oc2ccc4c5cc(C6CCCCC6)ccc5oc4c23)c1. The van der Waals surface area contributed by atoms with Crippen LogP contribution >= 0.6 is 0 Å². The molecule has 1 aliphatic carbocycles. The summed E-state index contributed by atoms with van der Waals surface area (Å²) in [6, 6.07) is 43.0. The van der Waals surface area contributed by atoms with E-state index in [1.54, 1.807) is 0 Å². The van der Waals surface area contributed by atoms with Crippen LogP contribution in [0, 0.1) is 0 Å². The molecule has 7 aromatic carbocycles. The molecule has 3 heterocycles. The van der Waals surface area contributed by atoms with Crippen molar-refractivity contribution in [2.45, 2.75) is 38.0 Å². The van der Waals surface area contributed by atoms with Crippen molar-refractivity contribution < 1.29 is 8.83 Å². The molecule has 10 aromatic rings. The Bertz CT molecular complexity index is 2940. The molecule has 1 aliphatic rings. The molecule has 0 spiro atoms. The van der Waals surface area contributed by atoms with E-state index in [-0.39, 0.29) is 0 Å². The number of furan rings is 2. The summed E-state index contributed by atoms with van der Waals surface area (Å²) < 4.78 is 13.3. The van der Waals surface area contributed by atoms with Gasteiger partial charge in [0, 0.05) is 38.1 Å².